The maximum atomic E-state index is 13.2. The van der Waals surface area contributed by atoms with Crippen molar-refractivity contribution in [2.24, 2.45) is 0 Å². The third-order valence-corrected chi connectivity index (χ3v) is 5.07. The van der Waals surface area contributed by atoms with Crippen molar-refractivity contribution >= 4 is 28.5 Å². The van der Waals surface area contributed by atoms with Crippen LogP contribution in [-0.4, -0.2) is 22.5 Å². The Morgan fingerprint density at radius 2 is 1.93 bits per heavy atom. The second kappa shape index (κ2) is 7.90. The summed E-state index contributed by atoms with van der Waals surface area (Å²) in [6.07, 6.45) is 2.47. The van der Waals surface area contributed by atoms with E-state index in [1.54, 1.807) is 24.3 Å². The molecule has 1 unspecified atom stereocenters. The number of nitrogens with one attached hydrogen (secondary N) is 3. The average Bonchev–Trinajstić information content (AvgIpc) is 3.01. The molecule has 3 amide bonds. The highest BCUT2D eigenvalue weighted by molar-refractivity contribution is 5.98. The Hall–Kier alpha value is -3.42. The van der Waals surface area contributed by atoms with Crippen molar-refractivity contribution in [2.45, 2.75) is 32.0 Å². The fourth-order valence-corrected chi connectivity index (χ4v) is 3.61. The van der Waals surface area contributed by atoms with Gasteiger partial charge in [-0.1, -0.05) is 36.4 Å². The number of benzene rings is 2. The molecule has 0 aliphatic carbocycles. The van der Waals surface area contributed by atoms with Gasteiger partial charge in [-0.25, -0.2) is 4.79 Å². The zero-order chi connectivity index (χ0) is 20.4. The summed E-state index contributed by atoms with van der Waals surface area (Å²) in [6.45, 7) is -2.60. The van der Waals surface area contributed by atoms with Crippen LogP contribution in [0.5, 0.6) is 0 Å². The number of nitrogens with zero attached hydrogens (tertiary/aromatic N) is 1. The fourth-order valence-electron chi connectivity index (χ4n) is 3.61. The summed E-state index contributed by atoms with van der Waals surface area (Å²) in [5.41, 5.74) is 2.75. The number of amides is 3. The summed E-state index contributed by atoms with van der Waals surface area (Å²) in [5, 5.41) is 8.81. The second-order valence-corrected chi connectivity index (χ2v) is 6.92. The Kier molecular flexibility index (Phi) is 5.16. The van der Waals surface area contributed by atoms with E-state index in [1.807, 2.05) is 24.3 Å². The summed E-state index contributed by atoms with van der Waals surface area (Å²) in [7, 11) is 0. The standard InChI is InChI=1S/C21H20F2N4O2/c22-20(23)27-12-14(15-6-2-4-8-18(15)27)11-24-21(29)26-17-10-9-13-5-1-3-7-16(13)25-19(17)28/h1-8,12,17,20H,9-11H2,(H,25,28)(H2,24,26,29). The van der Waals surface area contributed by atoms with Crippen LogP contribution in [0.3, 0.4) is 0 Å². The number of aromatic nitrogens is 1. The highest BCUT2D eigenvalue weighted by Crippen LogP contribution is 2.26. The third kappa shape index (κ3) is 3.91. The van der Waals surface area contributed by atoms with E-state index in [4.69, 9.17) is 0 Å². The van der Waals surface area contributed by atoms with Gasteiger partial charge >= 0.3 is 12.6 Å². The molecule has 1 aliphatic rings. The van der Waals surface area contributed by atoms with E-state index in [9.17, 15) is 18.4 Å². The van der Waals surface area contributed by atoms with E-state index in [0.717, 1.165) is 15.8 Å². The predicted octanol–water partition coefficient (Wildman–Crippen LogP) is 3.79. The van der Waals surface area contributed by atoms with Gasteiger partial charge in [-0.3, -0.25) is 9.36 Å². The van der Waals surface area contributed by atoms with Crippen LogP contribution in [0.1, 0.15) is 24.1 Å². The number of carbonyl (C=O) groups excluding carboxylic acids is 2. The molecule has 2 heterocycles. The first kappa shape index (κ1) is 18.9. The molecule has 0 bridgehead atoms. The second-order valence-electron chi connectivity index (χ2n) is 6.92. The van der Waals surface area contributed by atoms with Gasteiger partial charge in [0.15, 0.2) is 0 Å². The zero-order valence-electron chi connectivity index (χ0n) is 15.5. The van der Waals surface area contributed by atoms with Gasteiger partial charge in [0.25, 0.3) is 0 Å². The molecule has 3 aromatic rings. The van der Waals surface area contributed by atoms with Crippen molar-refractivity contribution in [2.75, 3.05) is 5.32 Å². The fraction of sp³-hybridized carbons (Fsp3) is 0.238. The molecule has 2 aromatic carbocycles. The lowest BCUT2D eigenvalue weighted by molar-refractivity contribution is -0.117. The number of alkyl halides is 2. The number of anilines is 1. The number of rotatable bonds is 4. The van der Waals surface area contributed by atoms with Crippen molar-refractivity contribution in [3.05, 3.63) is 65.9 Å². The van der Waals surface area contributed by atoms with Gasteiger partial charge in [-0.2, -0.15) is 8.78 Å². The summed E-state index contributed by atoms with van der Waals surface area (Å²) in [6, 6.07) is 13.1. The monoisotopic (exact) mass is 398 g/mol. The molecule has 1 atom stereocenters. The molecule has 4 rings (SSSR count). The van der Waals surface area contributed by atoms with E-state index < -0.39 is 18.6 Å². The van der Waals surface area contributed by atoms with Crippen LogP contribution in [0, 0.1) is 0 Å². The van der Waals surface area contributed by atoms with Gasteiger partial charge in [-0.05, 0) is 36.1 Å². The Morgan fingerprint density at radius 1 is 1.17 bits per heavy atom. The first-order chi connectivity index (χ1) is 14.0. The number of halogens is 2. The van der Waals surface area contributed by atoms with Crippen LogP contribution >= 0.6 is 0 Å². The number of para-hydroxylation sites is 2. The Labute approximate surface area is 165 Å². The Balaban J connectivity index is 1.41. The van der Waals surface area contributed by atoms with Gasteiger partial charge < -0.3 is 16.0 Å². The maximum absolute atomic E-state index is 13.2. The van der Waals surface area contributed by atoms with Crippen molar-refractivity contribution in [1.82, 2.24) is 15.2 Å². The molecule has 6 nitrogen and oxygen atoms in total. The zero-order valence-corrected chi connectivity index (χ0v) is 15.5. The van der Waals surface area contributed by atoms with Crippen molar-refractivity contribution in [3.63, 3.8) is 0 Å². The number of aryl methyl sites for hydroxylation is 1. The molecule has 1 aliphatic heterocycles. The van der Waals surface area contributed by atoms with Crippen LogP contribution in [0.15, 0.2) is 54.7 Å². The van der Waals surface area contributed by atoms with E-state index in [0.29, 0.717) is 29.3 Å². The number of carbonyl (C=O) groups is 2. The highest BCUT2D eigenvalue weighted by Gasteiger charge is 2.25. The Morgan fingerprint density at radius 3 is 2.76 bits per heavy atom. The van der Waals surface area contributed by atoms with E-state index in [-0.39, 0.29) is 12.5 Å². The van der Waals surface area contributed by atoms with Gasteiger partial charge in [0.2, 0.25) is 5.91 Å². The van der Waals surface area contributed by atoms with Crippen LogP contribution < -0.4 is 16.0 Å². The SMILES string of the molecule is O=C(NCc1cn(C(F)F)c2ccccc12)NC1CCc2ccccc2NC1=O. The number of hydrogen-bond donors (Lipinski definition) is 3. The number of urea groups is 1. The van der Waals surface area contributed by atoms with Crippen molar-refractivity contribution in [1.29, 1.82) is 0 Å². The van der Waals surface area contributed by atoms with Gasteiger partial charge in [-0.15, -0.1) is 0 Å². The van der Waals surface area contributed by atoms with E-state index >= 15 is 0 Å². The minimum Gasteiger partial charge on any atom is -0.334 e. The third-order valence-electron chi connectivity index (χ3n) is 5.07. The predicted molar refractivity (Wildman–Crippen MR) is 106 cm³/mol. The quantitative estimate of drug-likeness (QED) is 0.626. The molecule has 0 fully saturated rings. The van der Waals surface area contributed by atoms with Crippen LogP contribution in [0.4, 0.5) is 19.3 Å². The summed E-state index contributed by atoms with van der Waals surface area (Å²) in [4.78, 5) is 24.7. The van der Waals surface area contributed by atoms with Crippen LogP contribution in [0.2, 0.25) is 0 Å². The van der Waals surface area contributed by atoms with E-state index in [1.165, 1.54) is 6.20 Å². The average molecular weight is 398 g/mol. The summed E-state index contributed by atoms with van der Waals surface area (Å²) < 4.78 is 27.3. The molecular formula is C21H20F2N4O2. The number of fused-ring (bicyclic) bond motifs is 2. The molecule has 0 spiro atoms. The molecule has 8 heteroatoms. The lowest BCUT2D eigenvalue weighted by Gasteiger charge is -2.15. The lowest BCUT2D eigenvalue weighted by Crippen LogP contribution is -2.47. The minimum absolute atomic E-state index is 0.0701. The maximum Gasteiger partial charge on any atom is 0.319 e. The largest absolute Gasteiger partial charge is 0.334 e. The molecule has 0 radical (unpaired) electrons. The number of hydrogen-bond acceptors (Lipinski definition) is 2. The Bertz CT molecular complexity index is 1060. The molecule has 0 saturated carbocycles. The van der Waals surface area contributed by atoms with E-state index in [2.05, 4.69) is 16.0 Å². The van der Waals surface area contributed by atoms with Crippen molar-refractivity contribution < 1.29 is 18.4 Å². The molecule has 0 saturated heterocycles. The van der Waals surface area contributed by atoms with Gasteiger partial charge in [0, 0.05) is 23.8 Å². The highest BCUT2D eigenvalue weighted by atomic mass is 19.3. The molecule has 150 valence electrons. The minimum atomic E-state index is -2.67. The summed E-state index contributed by atoms with van der Waals surface area (Å²) in [5.74, 6) is -0.278. The van der Waals surface area contributed by atoms with Crippen LogP contribution in [-0.2, 0) is 17.8 Å². The van der Waals surface area contributed by atoms with Crippen LogP contribution in [0.25, 0.3) is 10.9 Å². The van der Waals surface area contributed by atoms with Crippen molar-refractivity contribution in [3.8, 4) is 0 Å². The smallest absolute Gasteiger partial charge is 0.319 e. The molecule has 1 aromatic heterocycles. The first-order valence-electron chi connectivity index (χ1n) is 9.32. The molecular weight excluding hydrogens is 378 g/mol. The molecule has 29 heavy (non-hydrogen) atoms. The lowest BCUT2D eigenvalue weighted by atomic mass is 10.1. The molecule has 3 N–H and O–H groups in total. The topological polar surface area (TPSA) is 75.2 Å². The normalized spacial score (nSPS) is 16.2. The summed E-state index contributed by atoms with van der Waals surface area (Å²) >= 11 is 0. The van der Waals surface area contributed by atoms with Gasteiger partial charge in [0.05, 0.1) is 5.52 Å². The first-order valence-corrected chi connectivity index (χ1v) is 9.32. The van der Waals surface area contributed by atoms with Gasteiger partial charge in [0.1, 0.15) is 6.04 Å².